The Labute approximate surface area is 163 Å². The summed E-state index contributed by atoms with van der Waals surface area (Å²) in [5.41, 5.74) is 3.62. The Kier molecular flexibility index (Phi) is 5.56. The molecule has 1 fully saturated rings. The second kappa shape index (κ2) is 7.88. The first-order valence-electron chi connectivity index (χ1n) is 8.66. The molecule has 27 heavy (non-hydrogen) atoms. The SMILES string of the molecule is COc1ccc(Cl)cc1NC(=O)NC1CC(=O)N(c2ccc(C)c(C)c2)C1. The number of aryl methyl sites for hydroxylation is 2. The number of ether oxygens (including phenoxy) is 1. The fourth-order valence-electron chi connectivity index (χ4n) is 3.07. The Morgan fingerprint density at radius 1 is 1.19 bits per heavy atom. The number of halogens is 1. The summed E-state index contributed by atoms with van der Waals surface area (Å²) in [6.07, 6.45) is 0.257. The van der Waals surface area contributed by atoms with Gasteiger partial charge < -0.3 is 20.3 Å². The van der Waals surface area contributed by atoms with E-state index in [0.29, 0.717) is 23.0 Å². The Morgan fingerprint density at radius 3 is 2.67 bits per heavy atom. The van der Waals surface area contributed by atoms with Gasteiger partial charge >= 0.3 is 6.03 Å². The molecule has 1 aliphatic rings. The van der Waals surface area contributed by atoms with Crippen LogP contribution in [0.5, 0.6) is 5.75 Å². The van der Waals surface area contributed by atoms with E-state index < -0.39 is 6.03 Å². The van der Waals surface area contributed by atoms with Crippen LogP contribution in [0.1, 0.15) is 17.5 Å². The van der Waals surface area contributed by atoms with Gasteiger partial charge in [0.05, 0.1) is 18.8 Å². The Bertz CT molecular complexity index is 885. The molecule has 0 saturated carbocycles. The molecule has 3 rings (SSSR count). The summed E-state index contributed by atoms with van der Waals surface area (Å²) in [6, 6.07) is 10.2. The second-order valence-corrected chi connectivity index (χ2v) is 7.05. The number of carbonyl (C=O) groups excluding carboxylic acids is 2. The van der Waals surface area contributed by atoms with E-state index in [1.165, 1.54) is 12.7 Å². The highest BCUT2D eigenvalue weighted by Crippen LogP contribution is 2.28. The van der Waals surface area contributed by atoms with Crippen LogP contribution in [0, 0.1) is 13.8 Å². The number of hydrogen-bond acceptors (Lipinski definition) is 3. The van der Waals surface area contributed by atoms with E-state index in [2.05, 4.69) is 10.6 Å². The molecule has 3 amide bonds. The van der Waals surface area contributed by atoms with Gasteiger partial charge in [-0.25, -0.2) is 4.79 Å². The highest BCUT2D eigenvalue weighted by molar-refractivity contribution is 6.31. The molecule has 2 N–H and O–H groups in total. The average Bonchev–Trinajstić information content (AvgIpc) is 2.97. The Balaban J connectivity index is 1.65. The van der Waals surface area contributed by atoms with Crippen LogP contribution in [0.15, 0.2) is 36.4 Å². The molecule has 1 aliphatic heterocycles. The molecule has 1 atom stereocenters. The summed E-state index contributed by atoms with van der Waals surface area (Å²) in [7, 11) is 1.52. The lowest BCUT2D eigenvalue weighted by molar-refractivity contribution is -0.117. The van der Waals surface area contributed by atoms with Gasteiger partial charge in [-0.15, -0.1) is 0 Å². The standard InChI is InChI=1S/C20H22ClN3O3/c1-12-4-6-16(8-13(12)2)24-11-15(10-19(24)25)22-20(26)23-17-9-14(21)5-7-18(17)27-3/h4-9,15H,10-11H2,1-3H3,(H2,22,23,26). The number of carbonyl (C=O) groups is 2. The van der Waals surface area contributed by atoms with E-state index in [1.807, 2.05) is 32.0 Å². The van der Waals surface area contributed by atoms with Crippen LogP contribution < -0.4 is 20.3 Å². The van der Waals surface area contributed by atoms with Crippen molar-refractivity contribution in [2.24, 2.45) is 0 Å². The summed E-state index contributed by atoms with van der Waals surface area (Å²) >= 11 is 5.98. The number of nitrogens with one attached hydrogen (secondary N) is 2. The minimum atomic E-state index is -0.407. The van der Waals surface area contributed by atoms with Crippen LogP contribution >= 0.6 is 11.6 Å². The number of benzene rings is 2. The number of nitrogens with zero attached hydrogens (tertiary/aromatic N) is 1. The molecule has 2 aromatic rings. The predicted molar refractivity (Wildman–Crippen MR) is 107 cm³/mol. The molecule has 1 unspecified atom stereocenters. The molecule has 1 saturated heterocycles. The number of amides is 3. The van der Waals surface area contributed by atoms with E-state index in [1.54, 1.807) is 23.1 Å². The van der Waals surface area contributed by atoms with Crippen LogP contribution in [-0.4, -0.2) is 31.6 Å². The zero-order valence-electron chi connectivity index (χ0n) is 15.5. The average molecular weight is 388 g/mol. The van der Waals surface area contributed by atoms with Crippen LogP contribution in [0.25, 0.3) is 0 Å². The maximum Gasteiger partial charge on any atom is 0.319 e. The van der Waals surface area contributed by atoms with Crippen LogP contribution in [0.3, 0.4) is 0 Å². The molecule has 7 heteroatoms. The highest BCUT2D eigenvalue weighted by Gasteiger charge is 2.31. The van der Waals surface area contributed by atoms with Crippen molar-refractivity contribution in [2.75, 3.05) is 23.9 Å². The molecule has 0 spiro atoms. The third-order valence-corrected chi connectivity index (χ3v) is 4.91. The minimum Gasteiger partial charge on any atom is -0.495 e. The van der Waals surface area contributed by atoms with Crippen LogP contribution in [0.2, 0.25) is 5.02 Å². The fraction of sp³-hybridized carbons (Fsp3) is 0.300. The summed E-state index contributed by atoms with van der Waals surface area (Å²) in [4.78, 5) is 26.4. The first kappa shape index (κ1) is 19.0. The maximum absolute atomic E-state index is 12.4. The van der Waals surface area contributed by atoms with Gasteiger partial charge in [0, 0.05) is 23.7 Å². The molecule has 0 radical (unpaired) electrons. The zero-order valence-corrected chi connectivity index (χ0v) is 16.3. The third kappa shape index (κ3) is 4.34. The maximum atomic E-state index is 12.4. The van der Waals surface area contributed by atoms with Crippen molar-refractivity contribution in [3.8, 4) is 5.75 Å². The van der Waals surface area contributed by atoms with Gasteiger partial charge in [0.2, 0.25) is 5.91 Å². The van der Waals surface area contributed by atoms with Crippen molar-refractivity contribution in [3.05, 3.63) is 52.5 Å². The van der Waals surface area contributed by atoms with Crippen molar-refractivity contribution in [2.45, 2.75) is 26.3 Å². The largest absolute Gasteiger partial charge is 0.495 e. The number of urea groups is 1. The monoisotopic (exact) mass is 387 g/mol. The number of rotatable bonds is 4. The van der Waals surface area contributed by atoms with Gasteiger partial charge in [-0.3, -0.25) is 4.79 Å². The van der Waals surface area contributed by atoms with E-state index in [4.69, 9.17) is 16.3 Å². The van der Waals surface area contributed by atoms with E-state index in [9.17, 15) is 9.59 Å². The fourth-order valence-corrected chi connectivity index (χ4v) is 3.24. The van der Waals surface area contributed by atoms with Crippen molar-refractivity contribution in [1.82, 2.24) is 5.32 Å². The van der Waals surface area contributed by atoms with Crippen molar-refractivity contribution >= 4 is 34.9 Å². The quantitative estimate of drug-likeness (QED) is 0.836. The van der Waals surface area contributed by atoms with Gasteiger partial charge in [0.15, 0.2) is 0 Å². The van der Waals surface area contributed by atoms with Crippen LogP contribution in [0.4, 0.5) is 16.2 Å². The molecule has 1 heterocycles. The molecule has 0 aliphatic carbocycles. The molecule has 142 valence electrons. The number of hydrogen-bond donors (Lipinski definition) is 2. The summed E-state index contributed by atoms with van der Waals surface area (Å²) in [5.74, 6) is 0.498. The minimum absolute atomic E-state index is 0.0103. The van der Waals surface area contributed by atoms with Gasteiger partial charge in [0.1, 0.15) is 5.75 Å². The predicted octanol–water partition coefficient (Wildman–Crippen LogP) is 3.89. The first-order valence-corrected chi connectivity index (χ1v) is 9.04. The lowest BCUT2D eigenvalue weighted by Crippen LogP contribution is -2.39. The molecular formula is C20H22ClN3O3. The molecule has 2 aromatic carbocycles. The number of methoxy groups -OCH3 is 1. The van der Waals surface area contributed by atoms with Gasteiger partial charge in [-0.2, -0.15) is 0 Å². The topological polar surface area (TPSA) is 70.7 Å². The normalized spacial score (nSPS) is 16.4. The molecule has 0 aromatic heterocycles. The summed E-state index contributed by atoms with van der Waals surface area (Å²) in [5, 5.41) is 6.06. The zero-order chi connectivity index (χ0) is 19.6. The van der Waals surface area contributed by atoms with Gasteiger partial charge in [-0.05, 0) is 55.3 Å². The summed E-state index contributed by atoms with van der Waals surface area (Å²) < 4.78 is 5.22. The third-order valence-electron chi connectivity index (χ3n) is 4.67. The van der Waals surface area contributed by atoms with Crippen LogP contribution in [-0.2, 0) is 4.79 Å². The highest BCUT2D eigenvalue weighted by atomic mass is 35.5. The molecular weight excluding hydrogens is 366 g/mol. The van der Waals surface area contributed by atoms with Crippen molar-refractivity contribution in [1.29, 1.82) is 0 Å². The van der Waals surface area contributed by atoms with E-state index in [0.717, 1.165) is 11.3 Å². The molecule has 0 bridgehead atoms. The Hall–Kier alpha value is -2.73. The molecule has 6 nitrogen and oxygen atoms in total. The smallest absolute Gasteiger partial charge is 0.319 e. The van der Waals surface area contributed by atoms with Gasteiger partial charge in [0.25, 0.3) is 0 Å². The lowest BCUT2D eigenvalue weighted by Gasteiger charge is -2.19. The second-order valence-electron chi connectivity index (χ2n) is 6.62. The first-order chi connectivity index (χ1) is 12.9. The summed E-state index contributed by atoms with van der Waals surface area (Å²) in [6.45, 7) is 4.48. The van der Waals surface area contributed by atoms with Gasteiger partial charge in [-0.1, -0.05) is 17.7 Å². The Morgan fingerprint density at radius 2 is 1.96 bits per heavy atom. The number of anilines is 2. The van der Waals surface area contributed by atoms with Crippen molar-refractivity contribution in [3.63, 3.8) is 0 Å². The van der Waals surface area contributed by atoms with Crippen molar-refractivity contribution < 1.29 is 14.3 Å². The lowest BCUT2D eigenvalue weighted by atomic mass is 10.1. The van der Waals surface area contributed by atoms with E-state index in [-0.39, 0.29) is 18.4 Å². The van der Waals surface area contributed by atoms with E-state index >= 15 is 0 Å².